The lowest BCUT2D eigenvalue weighted by molar-refractivity contribution is -0.121. The minimum absolute atomic E-state index is 0. The van der Waals surface area contributed by atoms with Crippen LogP contribution in [0.5, 0.6) is 0 Å². The van der Waals surface area contributed by atoms with E-state index < -0.39 is 0 Å². The smallest absolute Gasteiger partial charge is 0.220 e. The average molecular weight is 297 g/mol. The lowest BCUT2D eigenvalue weighted by atomic mass is 9.83. The predicted octanol–water partition coefficient (Wildman–Crippen LogP) is 2.55. The van der Waals surface area contributed by atoms with Crippen molar-refractivity contribution in [1.29, 1.82) is 0 Å². The van der Waals surface area contributed by atoms with Gasteiger partial charge in [-0.1, -0.05) is 37.3 Å². The molecule has 20 heavy (non-hydrogen) atoms. The van der Waals surface area contributed by atoms with Gasteiger partial charge in [0.2, 0.25) is 5.91 Å². The van der Waals surface area contributed by atoms with Crippen molar-refractivity contribution in [1.82, 2.24) is 10.6 Å². The minimum atomic E-state index is 0. The molecule has 1 heterocycles. The summed E-state index contributed by atoms with van der Waals surface area (Å²) in [4.78, 5) is 11.9. The zero-order valence-corrected chi connectivity index (χ0v) is 13.0. The molecule has 1 aliphatic rings. The van der Waals surface area contributed by atoms with Crippen LogP contribution >= 0.6 is 12.4 Å². The summed E-state index contributed by atoms with van der Waals surface area (Å²) in [6.07, 6.45) is 3.80. The van der Waals surface area contributed by atoms with Gasteiger partial charge in [0.1, 0.15) is 0 Å². The van der Waals surface area contributed by atoms with Crippen LogP contribution in [0.25, 0.3) is 0 Å². The number of hydrogen-bond donors (Lipinski definition) is 2. The van der Waals surface area contributed by atoms with Crippen molar-refractivity contribution in [2.45, 2.75) is 32.6 Å². The highest BCUT2D eigenvalue weighted by molar-refractivity contribution is 5.85. The lowest BCUT2D eigenvalue weighted by Gasteiger charge is -2.34. The normalized spacial score (nSPS) is 21.9. The number of nitrogens with one attached hydrogen (secondary N) is 2. The molecule has 1 unspecified atom stereocenters. The van der Waals surface area contributed by atoms with Gasteiger partial charge in [-0.25, -0.2) is 0 Å². The van der Waals surface area contributed by atoms with E-state index in [0.29, 0.717) is 6.42 Å². The minimum Gasteiger partial charge on any atom is -0.355 e. The van der Waals surface area contributed by atoms with Gasteiger partial charge in [0, 0.05) is 19.5 Å². The van der Waals surface area contributed by atoms with Crippen LogP contribution in [0, 0.1) is 5.41 Å². The first-order valence-corrected chi connectivity index (χ1v) is 7.19. The Morgan fingerprint density at radius 2 is 2.10 bits per heavy atom. The van der Waals surface area contributed by atoms with E-state index >= 15 is 0 Å². The first-order chi connectivity index (χ1) is 9.18. The van der Waals surface area contributed by atoms with Gasteiger partial charge in [-0.05, 0) is 36.8 Å². The van der Waals surface area contributed by atoms with Gasteiger partial charge in [-0.2, -0.15) is 0 Å². The van der Waals surface area contributed by atoms with Gasteiger partial charge in [0.15, 0.2) is 0 Å². The summed E-state index contributed by atoms with van der Waals surface area (Å²) in [5, 5.41) is 6.49. The molecule has 1 aromatic carbocycles. The van der Waals surface area contributed by atoms with E-state index in [1.165, 1.54) is 18.4 Å². The fourth-order valence-corrected chi connectivity index (χ4v) is 2.57. The number of carbonyl (C=O) groups excluding carboxylic acids is 1. The van der Waals surface area contributed by atoms with Crippen molar-refractivity contribution in [3.8, 4) is 0 Å². The molecule has 2 N–H and O–H groups in total. The summed E-state index contributed by atoms with van der Waals surface area (Å²) in [6, 6.07) is 10.2. The number of rotatable bonds is 5. The maximum atomic E-state index is 11.9. The molecule has 2 rings (SSSR count). The fourth-order valence-electron chi connectivity index (χ4n) is 2.57. The maximum absolute atomic E-state index is 11.9. The number of piperidine rings is 1. The Morgan fingerprint density at radius 3 is 2.75 bits per heavy atom. The van der Waals surface area contributed by atoms with Crippen molar-refractivity contribution >= 4 is 18.3 Å². The van der Waals surface area contributed by atoms with Crippen molar-refractivity contribution < 1.29 is 4.79 Å². The predicted molar refractivity (Wildman–Crippen MR) is 85.2 cm³/mol. The molecule has 1 aromatic rings. The van der Waals surface area contributed by atoms with Crippen LogP contribution in [0.15, 0.2) is 30.3 Å². The third-order valence-electron chi connectivity index (χ3n) is 3.88. The average Bonchev–Trinajstić information content (AvgIpc) is 2.45. The monoisotopic (exact) mass is 296 g/mol. The van der Waals surface area contributed by atoms with E-state index in [1.807, 2.05) is 18.2 Å². The summed E-state index contributed by atoms with van der Waals surface area (Å²) in [7, 11) is 0. The molecule has 1 aliphatic heterocycles. The number of hydrogen-bond acceptors (Lipinski definition) is 2. The van der Waals surface area contributed by atoms with Crippen LogP contribution in [-0.2, 0) is 11.2 Å². The van der Waals surface area contributed by atoms with Crippen LogP contribution in [-0.4, -0.2) is 25.5 Å². The Hall–Kier alpha value is -1.06. The van der Waals surface area contributed by atoms with Crippen LogP contribution < -0.4 is 10.6 Å². The fraction of sp³-hybridized carbons (Fsp3) is 0.562. The molecule has 0 saturated carbocycles. The third kappa shape index (κ3) is 5.51. The second kappa shape index (κ2) is 8.28. The molecule has 3 nitrogen and oxygen atoms in total. The molecule has 0 bridgehead atoms. The van der Waals surface area contributed by atoms with E-state index in [2.05, 4.69) is 29.7 Å². The first-order valence-electron chi connectivity index (χ1n) is 7.19. The zero-order valence-electron chi connectivity index (χ0n) is 12.2. The highest BCUT2D eigenvalue weighted by Gasteiger charge is 2.26. The van der Waals surface area contributed by atoms with E-state index in [9.17, 15) is 4.79 Å². The summed E-state index contributed by atoms with van der Waals surface area (Å²) in [5.41, 5.74) is 1.45. The molecular weight excluding hydrogens is 272 g/mol. The van der Waals surface area contributed by atoms with Crippen molar-refractivity contribution in [2.75, 3.05) is 19.6 Å². The number of amides is 1. The van der Waals surface area contributed by atoms with Crippen LogP contribution in [0.3, 0.4) is 0 Å². The summed E-state index contributed by atoms with van der Waals surface area (Å²) in [6.45, 7) is 5.15. The van der Waals surface area contributed by atoms with Crippen molar-refractivity contribution in [3.05, 3.63) is 35.9 Å². The number of carbonyl (C=O) groups is 1. The van der Waals surface area contributed by atoms with Gasteiger partial charge in [0.05, 0.1) is 0 Å². The molecule has 1 amide bonds. The lowest BCUT2D eigenvalue weighted by Crippen LogP contribution is -2.45. The highest BCUT2D eigenvalue weighted by atomic mass is 35.5. The third-order valence-corrected chi connectivity index (χ3v) is 3.88. The molecule has 4 heteroatoms. The molecule has 112 valence electrons. The molecule has 0 radical (unpaired) electrons. The molecule has 0 spiro atoms. The Morgan fingerprint density at radius 1 is 1.35 bits per heavy atom. The molecule has 1 fully saturated rings. The van der Waals surface area contributed by atoms with Crippen LogP contribution in [0.4, 0.5) is 0 Å². The second-order valence-corrected chi connectivity index (χ2v) is 5.85. The molecular formula is C16H25ClN2O. The van der Waals surface area contributed by atoms with Crippen LogP contribution in [0.1, 0.15) is 31.7 Å². The number of benzene rings is 1. The Balaban J connectivity index is 0.00000200. The summed E-state index contributed by atoms with van der Waals surface area (Å²) < 4.78 is 0. The molecule has 1 atom stereocenters. The number of halogens is 1. The van der Waals surface area contributed by atoms with E-state index in [4.69, 9.17) is 0 Å². The standard InChI is InChI=1S/C16H24N2O.ClH/c1-16(10-5-11-17-12-16)13-18-15(19)9-8-14-6-3-2-4-7-14;/h2-4,6-7,17H,5,8-13H2,1H3,(H,18,19);1H. The van der Waals surface area contributed by atoms with E-state index in [-0.39, 0.29) is 23.7 Å². The zero-order chi connectivity index (χ0) is 13.6. The van der Waals surface area contributed by atoms with Crippen LogP contribution in [0.2, 0.25) is 0 Å². The quantitative estimate of drug-likeness (QED) is 0.877. The Bertz CT molecular complexity index is 402. The van der Waals surface area contributed by atoms with Crippen molar-refractivity contribution in [3.63, 3.8) is 0 Å². The van der Waals surface area contributed by atoms with Gasteiger partial charge >= 0.3 is 0 Å². The molecule has 1 saturated heterocycles. The first kappa shape index (κ1) is 17.0. The topological polar surface area (TPSA) is 41.1 Å². The summed E-state index contributed by atoms with van der Waals surface area (Å²) in [5.74, 6) is 0.163. The highest BCUT2D eigenvalue weighted by Crippen LogP contribution is 2.24. The SMILES string of the molecule is CC1(CNC(=O)CCc2ccccc2)CCCNC1.Cl. The van der Waals surface area contributed by atoms with E-state index in [1.54, 1.807) is 0 Å². The Labute approximate surface area is 127 Å². The summed E-state index contributed by atoms with van der Waals surface area (Å²) >= 11 is 0. The number of aryl methyl sites for hydroxylation is 1. The Kier molecular flexibility index (Phi) is 7.03. The van der Waals surface area contributed by atoms with Gasteiger partial charge in [-0.3, -0.25) is 4.79 Å². The molecule has 0 aliphatic carbocycles. The largest absolute Gasteiger partial charge is 0.355 e. The van der Waals surface area contributed by atoms with Gasteiger partial charge in [0.25, 0.3) is 0 Å². The van der Waals surface area contributed by atoms with Crippen molar-refractivity contribution in [2.24, 2.45) is 5.41 Å². The van der Waals surface area contributed by atoms with E-state index in [0.717, 1.165) is 26.1 Å². The molecule has 0 aromatic heterocycles. The van der Waals surface area contributed by atoms with Gasteiger partial charge < -0.3 is 10.6 Å². The second-order valence-electron chi connectivity index (χ2n) is 5.85. The van der Waals surface area contributed by atoms with Gasteiger partial charge in [-0.15, -0.1) is 12.4 Å². The maximum Gasteiger partial charge on any atom is 0.220 e.